The summed E-state index contributed by atoms with van der Waals surface area (Å²) in [5.41, 5.74) is -0.878. The van der Waals surface area contributed by atoms with Crippen molar-refractivity contribution in [3.63, 3.8) is 0 Å². The van der Waals surface area contributed by atoms with Crippen LogP contribution in [0.5, 0.6) is 0 Å². The van der Waals surface area contributed by atoms with Gasteiger partial charge in [-0.15, -0.1) is 0 Å². The minimum Gasteiger partial charge on any atom is -0.481 e. The molecule has 0 bridgehead atoms. The summed E-state index contributed by atoms with van der Waals surface area (Å²) in [6, 6.07) is 0. The van der Waals surface area contributed by atoms with Crippen LogP contribution in [-0.4, -0.2) is 23.7 Å². The molecule has 0 spiro atoms. The molecule has 5 nitrogen and oxygen atoms in total. The summed E-state index contributed by atoms with van der Waals surface area (Å²) in [6.45, 7) is 1.66. The van der Waals surface area contributed by atoms with Crippen LogP contribution >= 0.6 is 0 Å². The van der Waals surface area contributed by atoms with Crippen molar-refractivity contribution in [1.82, 2.24) is 0 Å². The molecule has 6 heteroatoms. The number of carboxylic acids is 1. The molecule has 2 aliphatic carbocycles. The van der Waals surface area contributed by atoms with Gasteiger partial charge in [-0.05, 0) is 24.7 Å². The quantitative estimate of drug-likeness (QED) is 0.618. The molecule has 3 atom stereocenters. The molecule has 0 heterocycles. The number of fused-ring (bicyclic) bond motifs is 1. The van der Waals surface area contributed by atoms with E-state index < -0.39 is 17.4 Å². The molecule has 2 rings (SSSR count). The Morgan fingerprint density at radius 3 is 2.52 bits per heavy atom. The Kier molecular flexibility index (Phi) is 7.24. The van der Waals surface area contributed by atoms with Gasteiger partial charge in [0.15, 0.2) is 0 Å². The molecule has 1 N–H and O–H groups in total. The summed E-state index contributed by atoms with van der Waals surface area (Å²) >= 11 is 0. The van der Waals surface area contributed by atoms with Gasteiger partial charge in [0.2, 0.25) is 0 Å². The Morgan fingerprint density at radius 2 is 1.86 bits per heavy atom. The molecule has 119 valence electrons. The minimum atomic E-state index is -0.878. The maximum absolute atomic E-state index is 11.9. The summed E-state index contributed by atoms with van der Waals surface area (Å²) < 4.78 is 0. The van der Waals surface area contributed by atoms with Crippen molar-refractivity contribution >= 4 is 11.9 Å². The predicted octanol–water partition coefficient (Wildman–Crippen LogP) is 2.93. The number of hydrogen-bond acceptors (Lipinski definition) is 4. The van der Waals surface area contributed by atoms with E-state index in [0.29, 0.717) is 12.3 Å². The van der Waals surface area contributed by atoms with E-state index in [1.165, 1.54) is 6.42 Å². The van der Waals surface area contributed by atoms with E-state index in [-0.39, 0.29) is 37.5 Å². The van der Waals surface area contributed by atoms with Crippen molar-refractivity contribution in [1.29, 1.82) is 0 Å². The standard InChI is InChI=1S/C15H24O5.V/c1-2-13(16)20-19-10-15(14(17)18)9-5-7-11-6-3-4-8-12(11)15;/h11-12H,2-10H2,1H3,(H,17,18);. The van der Waals surface area contributed by atoms with Crippen molar-refractivity contribution in [2.45, 2.75) is 58.3 Å². The number of carbonyl (C=O) groups is 2. The van der Waals surface area contributed by atoms with Crippen LogP contribution in [0, 0.1) is 17.3 Å². The predicted molar refractivity (Wildman–Crippen MR) is 71.7 cm³/mol. The second-order valence-electron chi connectivity index (χ2n) is 6.08. The zero-order valence-corrected chi connectivity index (χ0v) is 13.9. The average molecular weight is 335 g/mol. The van der Waals surface area contributed by atoms with Gasteiger partial charge >= 0.3 is 11.9 Å². The second kappa shape index (κ2) is 8.21. The third-order valence-electron chi connectivity index (χ3n) is 5.00. The maximum atomic E-state index is 11.9. The SMILES string of the molecule is CCC(=O)OOCC1(C(=O)O)CCCC2CCCCC21.[V]. The Hall–Kier alpha value is -0.516. The van der Waals surface area contributed by atoms with Gasteiger partial charge in [-0.1, -0.05) is 39.0 Å². The molecule has 3 unspecified atom stereocenters. The van der Waals surface area contributed by atoms with Gasteiger partial charge < -0.3 is 5.11 Å². The Labute approximate surface area is 137 Å². The monoisotopic (exact) mass is 335 g/mol. The second-order valence-corrected chi connectivity index (χ2v) is 6.08. The molecule has 0 aromatic rings. The van der Waals surface area contributed by atoms with Crippen molar-refractivity contribution < 1.29 is 43.0 Å². The summed E-state index contributed by atoms with van der Waals surface area (Å²) in [5, 5.41) is 9.73. The number of rotatable bonds is 5. The minimum absolute atomic E-state index is 0. The van der Waals surface area contributed by atoms with Crippen molar-refractivity contribution in [2.75, 3.05) is 6.61 Å². The van der Waals surface area contributed by atoms with Crippen LogP contribution in [0.15, 0.2) is 0 Å². The number of hydrogen-bond donors (Lipinski definition) is 1. The average Bonchev–Trinajstić information content (AvgIpc) is 2.47. The molecule has 1 radical (unpaired) electrons. The topological polar surface area (TPSA) is 72.8 Å². The van der Waals surface area contributed by atoms with Crippen LogP contribution in [-0.2, 0) is 37.9 Å². The van der Waals surface area contributed by atoms with Crippen LogP contribution < -0.4 is 0 Å². The zero-order valence-electron chi connectivity index (χ0n) is 12.5. The van der Waals surface area contributed by atoms with Crippen molar-refractivity contribution in [3.05, 3.63) is 0 Å². The molecule has 0 saturated heterocycles. The van der Waals surface area contributed by atoms with Gasteiger partial charge in [0.25, 0.3) is 0 Å². The van der Waals surface area contributed by atoms with Crippen LogP contribution in [0.2, 0.25) is 0 Å². The first-order valence-electron chi connectivity index (χ1n) is 7.66. The Bertz CT molecular complexity index is 371. The first-order valence-corrected chi connectivity index (χ1v) is 7.66. The molecule has 2 fully saturated rings. The molecule has 2 saturated carbocycles. The summed E-state index contributed by atoms with van der Waals surface area (Å²) in [7, 11) is 0. The third kappa shape index (κ3) is 4.02. The van der Waals surface area contributed by atoms with Crippen LogP contribution in [0.25, 0.3) is 0 Å². The summed E-state index contributed by atoms with van der Waals surface area (Å²) in [6.07, 6.45) is 7.23. The molecular weight excluding hydrogens is 311 g/mol. The summed E-state index contributed by atoms with van der Waals surface area (Å²) in [5.74, 6) is -0.620. The Morgan fingerprint density at radius 1 is 1.19 bits per heavy atom. The van der Waals surface area contributed by atoms with Crippen molar-refractivity contribution in [3.8, 4) is 0 Å². The molecule has 0 amide bonds. The first kappa shape index (κ1) is 18.5. The van der Waals surface area contributed by atoms with E-state index >= 15 is 0 Å². The van der Waals surface area contributed by atoms with E-state index in [9.17, 15) is 14.7 Å². The molecule has 0 aromatic carbocycles. The van der Waals surface area contributed by atoms with E-state index in [0.717, 1.165) is 32.1 Å². The molecule has 21 heavy (non-hydrogen) atoms. The molecule has 2 aliphatic rings. The van der Waals surface area contributed by atoms with Crippen molar-refractivity contribution in [2.24, 2.45) is 17.3 Å². The molecular formula is C15H24O5V. The van der Waals surface area contributed by atoms with Gasteiger partial charge in [0, 0.05) is 25.0 Å². The van der Waals surface area contributed by atoms with Gasteiger partial charge in [-0.25, -0.2) is 4.79 Å². The fourth-order valence-electron chi connectivity index (χ4n) is 3.91. The van der Waals surface area contributed by atoms with Gasteiger partial charge in [-0.2, -0.15) is 4.89 Å². The third-order valence-corrected chi connectivity index (χ3v) is 5.00. The van der Waals surface area contributed by atoms with Gasteiger partial charge in [0.05, 0.1) is 5.41 Å². The van der Waals surface area contributed by atoms with E-state index in [4.69, 9.17) is 4.89 Å². The fourth-order valence-corrected chi connectivity index (χ4v) is 3.91. The first-order chi connectivity index (χ1) is 9.60. The fraction of sp³-hybridized carbons (Fsp3) is 0.867. The van der Waals surface area contributed by atoms with E-state index in [1.807, 2.05) is 0 Å². The molecule has 0 aliphatic heterocycles. The normalized spacial score (nSPS) is 31.7. The Balaban J connectivity index is 0.00000220. The maximum Gasteiger partial charge on any atom is 0.342 e. The number of carbonyl (C=O) groups excluding carboxylic acids is 1. The smallest absolute Gasteiger partial charge is 0.342 e. The van der Waals surface area contributed by atoms with Crippen LogP contribution in [0.4, 0.5) is 0 Å². The molecule has 0 aromatic heterocycles. The zero-order chi connectivity index (χ0) is 14.6. The van der Waals surface area contributed by atoms with Gasteiger partial charge in [-0.3, -0.25) is 9.68 Å². The van der Waals surface area contributed by atoms with E-state index in [1.54, 1.807) is 6.92 Å². The van der Waals surface area contributed by atoms with Crippen LogP contribution in [0.3, 0.4) is 0 Å². The number of carboxylic acid groups (broad SMARTS) is 1. The van der Waals surface area contributed by atoms with Crippen LogP contribution in [0.1, 0.15) is 58.3 Å². The number of aliphatic carboxylic acids is 1. The largest absolute Gasteiger partial charge is 0.481 e. The van der Waals surface area contributed by atoms with E-state index in [2.05, 4.69) is 4.89 Å². The van der Waals surface area contributed by atoms with Gasteiger partial charge in [0.1, 0.15) is 6.61 Å². The summed E-state index contributed by atoms with van der Waals surface area (Å²) in [4.78, 5) is 32.6.